The lowest BCUT2D eigenvalue weighted by atomic mass is 10.2. The summed E-state index contributed by atoms with van der Waals surface area (Å²) in [5, 5.41) is 8.40. The number of ether oxygens (including phenoxy) is 1. The second-order valence-electron chi connectivity index (χ2n) is 3.75. The van der Waals surface area contributed by atoms with Gasteiger partial charge >= 0.3 is 0 Å². The Kier molecular flexibility index (Phi) is 6.64. The van der Waals surface area contributed by atoms with E-state index in [0.29, 0.717) is 19.1 Å². The van der Waals surface area contributed by atoms with Crippen LogP contribution in [-0.4, -0.2) is 23.0 Å². The van der Waals surface area contributed by atoms with Gasteiger partial charge in [0.2, 0.25) is 0 Å². The number of rotatable bonds is 6. The van der Waals surface area contributed by atoms with Crippen molar-refractivity contribution in [1.82, 2.24) is 4.67 Å². The number of hydrogen-bond acceptors (Lipinski definition) is 3. The van der Waals surface area contributed by atoms with E-state index in [1.807, 2.05) is 13.8 Å². The third kappa shape index (κ3) is 4.57. The van der Waals surface area contributed by atoms with Gasteiger partial charge in [0.05, 0.1) is 27.2 Å². The van der Waals surface area contributed by atoms with Crippen molar-refractivity contribution in [3.05, 3.63) is 0 Å². The Hall–Kier alpha value is 0.130. The van der Waals surface area contributed by atoms with Crippen molar-refractivity contribution in [1.29, 1.82) is 5.26 Å². The molecule has 0 N–H and O–H groups in total. The van der Waals surface area contributed by atoms with Crippen LogP contribution in [0.1, 0.15) is 34.1 Å². The van der Waals surface area contributed by atoms with E-state index in [4.69, 9.17) is 21.2 Å². The van der Waals surface area contributed by atoms with Gasteiger partial charge in [-0.1, -0.05) is 11.2 Å². The Balaban J connectivity index is 4.20. The second-order valence-corrected chi connectivity index (χ2v) is 4.91. The summed E-state index contributed by atoms with van der Waals surface area (Å²) >= 11 is 5.87. The number of nitrogens with zero attached hydrogens (tertiary/aromatic N) is 2. The first-order valence-corrected chi connectivity index (χ1v) is 6.58. The van der Waals surface area contributed by atoms with E-state index in [-0.39, 0.29) is 8.08 Å². The van der Waals surface area contributed by atoms with Gasteiger partial charge in [0.15, 0.2) is 0 Å². The Morgan fingerprint density at radius 1 is 1.57 bits per heavy atom. The smallest absolute Gasteiger partial charge is 0.120 e. The summed E-state index contributed by atoms with van der Waals surface area (Å²) < 4.78 is 7.67. The largest absolute Gasteiger partial charge is 0.360 e. The molecule has 0 amide bonds. The molecule has 5 heteroatoms. The van der Waals surface area contributed by atoms with Gasteiger partial charge in [-0.3, -0.25) is 0 Å². The van der Waals surface area contributed by atoms with Gasteiger partial charge in [0, 0.05) is 6.04 Å². The van der Waals surface area contributed by atoms with Gasteiger partial charge in [-0.05, 0) is 27.7 Å². The zero-order valence-electron chi connectivity index (χ0n) is 9.17. The maximum atomic E-state index is 8.40. The summed E-state index contributed by atoms with van der Waals surface area (Å²) in [5.41, 5.74) is -0.398. The van der Waals surface area contributed by atoms with Gasteiger partial charge in [-0.15, -0.1) is 0 Å². The molecule has 0 radical (unpaired) electrons. The fourth-order valence-electron chi connectivity index (χ4n) is 1.24. The molecule has 0 aliphatic heterocycles. The van der Waals surface area contributed by atoms with Crippen LogP contribution in [0.15, 0.2) is 0 Å². The van der Waals surface area contributed by atoms with Crippen LogP contribution in [0.25, 0.3) is 0 Å². The fourth-order valence-corrected chi connectivity index (χ4v) is 2.90. The average molecular weight is 237 g/mol. The van der Waals surface area contributed by atoms with E-state index < -0.39 is 5.72 Å². The maximum absolute atomic E-state index is 8.40. The summed E-state index contributed by atoms with van der Waals surface area (Å²) in [7, 11) is 0.190. The summed E-state index contributed by atoms with van der Waals surface area (Å²) in [6, 6.07) is 2.39. The van der Waals surface area contributed by atoms with Crippen LogP contribution < -0.4 is 0 Å². The van der Waals surface area contributed by atoms with Gasteiger partial charge < -0.3 is 4.74 Å². The van der Waals surface area contributed by atoms with Crippen molar-refractivity contribution in [3.63, 3.8) is 0 Å². The lowest BCUT2D eigenvalue weighted by Gasteiger charge is -2.39. The van der Waals surface area contributed by atoms with Crippen LogP contribution in [0, 0.1) is 11.3 Å². The van der Waals surface area contributed by atoms with Gasteiger partial charge in [-0.2, -0.15) is 5.26 Å². The minimum atomic E-state index is -0.398. The van der Waals surface area contributed by atoms with E-state index in [1.165, 1.54) is 0 Å². The molecule has 0 aliphatic rings. The second kappa shape index (κ2) is 6.58. The SMILES string of the molecule is CC(C)N(PCl)C(C)(C)OCCC#N. The standard InChI is InChI=1S/C9H18ClN2OP/c1-8(2)12(14-10)9(3,4)13-7-5-6-11/h8,14H,5,7H2,1-4H3. The van der Waals surface area contributed by atoms with Crippen LogP contribution in [0.4, 0.5) is 0 Å². The van der Waals surface area contributed by atoms with Crippen LogP contribution in [-0.2, 0) is 4.74 Å². The monoisotopic (exact) mass is 236 g/mol. The van der Waals surface area contributed by atoms with E-state index in [9.17, 15) is 0 Å². The van der Waals surface area contributed by atoms with E-state index >= 15 is 0 Å². The quantitative estimate of drug-likeness (QED) is 0.404. The molecule has 0 fully saturated rings. The molecular formula is C9H18ClN2OP. The molecule has 0 saturated carbocycles. The average Bonchev–Trinajstić information content (AvgIpc) is 2.04. The summed E-state index contributed by atoms with van der Waals surface area (Å²) in [5.74, 6) is 0. The van der Waals surface area contributed by atoms with E-state index in [2.05, 4.69) is 24.6 Å². The molecule has 82 valence electrons. The normalized spacial score (nSPS) is 13.0. The molecule has 3 nitrogen and oxygen atoms in total. The lowest BCUT2D eigenvalue weighted by molar-refractivity contribution is -0.0975. The molecule has 0 aromatic rings. The maximum Gasteiger partial charge on any atom is 0.120 e. The molecule has 0 heterocycles. The van der Waals surface area contributed by atoms with Crippen LogP contribution in [0.5, 0.6) is 0 Å². The predicted octanol–water partition coefficient (Wildman–Crippen LogP) is 3.11. The Morgan fingerprint density at radius 3 is 2.50 bits per heavy atom. The van der Waals surface area contributed by atoms with E-state index in [1.54, 1.807) is 0 Å². The summed E-state index contributed by atoms with van der Waals surface area (Å²) in [4.78, 5) is 0. The molecule has 14 heavy (non-hydrogen) atoms. The predicted molar refractivity (Wildman–Crippen MR) is 61.4 cm³/mol. The van der Waals surface area contributed by atoms with Crippen molar-refractivity contribution < 1.29 is 4.74 Å². The molecule has 0 bridgehead atoms. The molecule has 0 spiro atoms. The van der Waals surface area contributed by atoms with Crippen molar-refractivity contribution >= 4 is 19.3 Å². The fraction of sp³-hybridized carbons (Fsp3) is 0.889. The molecular weight excluding hydrogens is 219 g/mol. The van der Waals surface area contributed by atoms with Gasteiger partial charge in [-0.25, -0.2) is 4.67 Å². The van der Waals surface area contributed by atoms with Crippen LogP contribution in [0.2, 0.25) is 0 Å². The van der Waals surface area contributed by atoms with Crippen molar-refractivity contribution in [2.45, 2.75) is 45.9 Å². The van der Waals surface area contributed by atoms with Gasteiger partial charge in [0.1, 0.15) is 5.72 Å². The summed E-state index contributed by atoms with van der Waals surface area (Å²) in [6.07, 6.45) is 0.417. The molecule has 0 saturated heterocycles. The molecule has 1 unspecified atom stereocenters. The number of nitriles is 1. The van der Waals surface area contributed by atoms with Gasteiger partial charge in [0.25, 0.3) is 0 Å². The Bertz CT molecular complexity index is 203. The van der Waals surface area contributed by atoms with E-state index in [0.717, 1.165) is 0 Å². The van der Waals surface area contributed by atoms with Crippen LogP contribution in [0.3, 0.4) is 0 Å². The third-order valence-corrected chi connectivity index (χ3v) is 3.64. The Labute approximate surface area is 93.0 Å². The third-order valence-electron chi connectivity index (χ3n) is 1.86. The number of halogens is 1. The number of hydrogen-bond donors (Lipinski definition) is 0. The minimum Gasteiger partial charge on any atom is -0.360 e. The highest BCUT2D eigenvalue weighted by Gasteiger charge is 2.28. The Morgan fingerprint density at radius 2 is 2.14 bits per heavy atom. The summed E-state index contributed by atoms with van der Waals surface area (Å²) in [6.45, 7) is 8.54. The molecule has 0 aromatic carbocycles. The highest BCUT2D eigenvalue weighted by molar-refractivity contribution is 7.66. The molecule has 0 aromatic heterocycles. The zero-order valence-corrected chi connectivity index (χ0v) is 10.9. The molecule has 0 rings (SSSR count). The van der Waals surface area contributed by atoms with Crippen molar-refractivity contribution in [2.75, 3.05) is 6.61 Å². The lowest BCUT2D eigenvalue weighted by Crippen LogP contribution is -2.44. The highest BCUT2D eigenvalue weighted by atomic mass is 35.7. The highest BCUT2D eigenvalue weighted by Crippen LogP contribution is 2.35. The minimum absolute atomic E-state index is 0.190. The van der Waals surface area contributed by atoms with Crippen LogP contribution >= 0.6 is 19.3 Å². The zero-order chi connectivity index (χ0) is 11.2. The van der Waals surface area contributed by atoms with Crippen molar-refractivity contribution in [2.24, 2.45) is 0 Å². The topological polar surface area (TPSA) is 36.3 Å². The first-order valence-electron chi connectivity index (χ1n) is 4.62. The molecule has 0 aliphatic carbocycles. The molecule has 1 atom stereocenters. The first-order chi connectivity index (χ1) is 6.45. The first kappa shape index (κ1) is 14.1. The van der Waals surface area contributed by atoms with Crippen molar-refractivity contribution in [3.8, 4) is 6.07 Å².